The molecule has 0 aliphatic rings. The molecule has 1 heterocycles. The fraction of sp³-hybridized carbons (Fsp3) is 0.357. The van der Waals surface area contributed by atoms with E-state index in [0.29, 0.717) is 17.7 Å². The summed E-state index contributed by atoms with van der Waals surface area (Å²) in [5.41, 5.74) is 0.985. The first-order valence-electron chi connectivity index (χ1n) is 6.03. The quantitative estimate of drug-likeness (QED) is 0.785. The zero-order chi connectivity index (χ0) is 15.2. The fourth-order valence-corrected chi connectivity index (χ4v) is 1.52. The van der Waals surface area contributed by atoms with Crippen molar-refractivity contribution < 1.29 is 14.7 Å². The van der Waals surface area contributed by atoms with Crippen LogP contribution in [-0.4, -0.2) is 39.5 Å². The summed E-state index contributed by atoms with van der Waals surface area (Å²) in [6.45, 7) is 4.63. The number of rotatable bonds is 6. The van der Waals surface area contributed by atoms with Crippen LogP contribution < -0.4 is 5.32 Å². The number of nitrogens with one attached hydrogen (secondary N) is 1. The molecule has 20 heavy (non-hydrogen) atoms. The SMILES string of the molecule is CSC(C)(C)CNC(=O)c1cncc(/C=C/C(=O)O)c1. The van der Waals surface area contributed by atoms with Crippen LogP contribution in [0, 0.1) is 0 Å². The summed E-state index contributed by atoms with van der Waals surface area (Å²) in [4.78, 5) is 26.4. The molecule has 0 bridgehead atoms. The number of carboxylic acid groups (broad SMARTS) is 1. The van der Waals surface area contributed by atoms with Crippen LogP contribution in [0.2, 0.25) is 0 Å². The average Bonchev–Trinajstić information content (AvgIpc) is 2.43. The van der Waals surface area contributed by atoms with Crippen molar-refractivity contribution in [3.05, 3.63) is 35.7 Å². The van der Waals surface area contributed by atoms with E-state index < -0.39 is 5.97 Å². The highest BCUT2D eigenvalue weighted by atomic mass is 32.2. The van der Waals surface area contributed by atoms with Gasteiger partial charge in [0.25, 0.3) is 5.91 Å². The van der Waals surface area contributed by atoms with Crippen LogP contribution in [0.5, 0.6) is 0 Å². The number of nitrogens with zero attached hydrogens (tertiary/aromatic N) is 1. The summed E-state index contributed by atoms with van der Waals surface area (Å²) in [6.07, 6.45) is 7.36. The van der Waals surface area contributed by atoms with Crippen molar-refractivity contribution in [2.24, 2.45) is 0 Å². The number of pyridine rings is 1. The third-order valence-electron chi connectivity index (χ3n) is 2.67. The van der Waals surface area contributed by atoms with E-state index >= 15 is 0 Å². The van der Waals surface area contributed by atoms with Crippen LogP contribution in [-0.2, 0) is 4.79 Å². The van der Waals surface area contributed by atoms with Crippen molar-refractivity contribution in [1.29, 1.82) is 0 Å². The van der Waals surface area contributed by atoms with E-state index in [9.17, 15) is 9.59 Å². The molecule has 108 valence electrons. The number of thioether (sulfide) groups is 1. The first kappa shape index (κ1) is 16.2. The third kappa shape index (κ3) is 5.44. The maximum absolute atomic E-state index is 12.0. The average molecular weight is 294 g/mol. The van der Waals surface area contributed by atoms with E-state index in [1.807, 2.05) is 20.1 Å². The first-order valence-corrected chi connectivity index (χ1v) is 7.26. The largest absolute Gasteiger partial charge is 0.478 e. The molecule has 0 fully saturated rings. The van der Waals surface area contributed by atoms with Gasteiger partial charge in [0.2, 0.25) is 0 Å². The second-order valence-electron chi connectivity index (χ2n) is 4.83. The maximum atomic E-state index is 12.0. The van der Waals surface area contributed by atoms with Crippen molar-refractivity contribution in [2.45, 2.75) is 18.6 Å². The molecule has 0 atom stereocenters. The van der Waals surface area contributed by atoms with Crippen LogP contribution >= 0.6 is 11.8 Å². The molecule has 1 amide bonds. The Morgan fingerprint density at radius 3 is 2.75 bits per heavy atom. The van der Waals surface area contributed by atoms with Crippen molar-refractivity contribution in [2.75, 3.05) is 12.8 Å². The van der Waals surface area contributed by atoms with Crippen molar-refractivity contribution >= 4 is 29.7 Å². The molecule has 5 nitrogen and oxygen atoms in total. The standard InChI is InChI=1S/C14H18N2O3S/c1-14(2,20-3)9-16-13(19)11-6-10(7-15-8-11)4-5-12(17)18/h4-8H,9H2,1-3H3,(H,16,19)(H,17,18)/b5-4+. The number of carboxylic acids is 1. The Labute approximate surface area is 122 Å². The Bertz CT molecular complexity index is 527. The Balaban J connectivity index is 2.74. The molecule has 0 spiro atoms. The Morgan fingerprint density at radius 2 is 2.15 bits per heavy atom. The number of aliphatic carboxylic acids is 1. The van der Waals surface area contributed by atoms with Crippen molar-refractivity contribution in [3.8, 4) is 0 Å². The second-order valence-corrected chi connectivity index (χ2v) is 6.34. The molecule has 0 aliphatic carbocycles. The summed E-state index contributed by atoms with van der Waals surface area (Å²) in [7, 11) is 0. The Morgan fingerprint density at radius 1 is 1.45 bits per heavy atom. The summed E-state index contributed by atoms with van der Waals surface area (Å²) in [6, 6.07) is 1.61. The topological polar surface area (TPSA) is 79.3 Å². The molecule has 1 aromatic rings. The zero-order valence-corrected chi connectivity index (χ0v) is 12.5. The lowest BCUT2D eigenvalue weighted by atomic mass is 10.1. The molecule has 0 aliphatic heterocycles. The molecular formula is C14H18N2O3S. The molecule has 0 radical (unpaired) electrons. The van der Waals surface area contributed by atoms with Crippen LogP contribution in [0.25, 0.3) is 6.08 Å². The number of amides is 1. The minimum atomic E-state index is -1.04. The first-order chi connectivity index (χ1) is 9.34. The van der Waals surface area contributed by atoms with E-state index in [1.165, 1.54) is 18.5 Å². The molecule has 2 N–H and O–H groups in total. The van der Waals surface area contributed by atoms with Gasteiger partial charge in [0.1, 0.15) is 0 Å². The predicted molar refractivity (Wildman–Crippen MR) is 80.8 cm³/mol. The van der Waals surface area contributed by atoms with Gasteiger partial charge in [-0.3, -0.25) is 9.78 Å². The predicted octanol–water partition coefficient (Wildman–Crippen LogP) is 2.05. The number of hydrogen-bond donors (Lipinski definition) is 2. The van der Waals surface area contributed by atoms with Gasteiger partial charge >= 0.3 is 5.97 Å². The third-order valence-corrected chi connectivity index (χ3v) is 3.92. The smallest absolute Gasteiger partial charge is 0.328 e. The van der Waals surface area contributed by atoms with Gasteiger partial charge in [-0.25, -0.2) is 4.79 Å². The monoisotopic (exact) mass is 294 g/mol. The number of aromatic nitrogens is 1. The fourth-order valence-electron chi connectivity index (χ4n) is 1.31. The van der Waals surface area contributed by atoms with Gasteiger partial charge < -0.3 is 10.4 Å². The lowest BCUT2D eigenvalue weighted by molar-refractivity contribution is -0.131. The number of carbonyl (C=O) groups is 2. The van der Waals surface area contributed by atoms with E-state index in [-0.39, 0.29) is 10.7 Å². The Kier molecular flexibility index (Phi) is 5.76. The lowest BCUT2D eigenvalue weighted by Gasteiger charge is -2.22. The van der Waals surface area contributed by atoms with Crippen LogP contribution in [0.4, 0.5) is 0 Å². The van der Waals surface area contributed by atoms with Crippen LogP contribution in [0.3, 0.4) is 0 Å². The maximum Gasteiger partial charge on any atom is 0.328 e. The highest BCUT2D eigenvalue weighted by Gasteiger charge is 2.17. The summed E-state index contributed by atoms with van der Waals surface area (Å²) in [5.74, 6) is -1.26. The van der Waals surface area contributed by atoms with Gasteiger partial charge in [-0.1, -0.05) is 0 Å². The molecule has 0 saturated carbocycles. The second kappa shape index (κ2) is 7.09. The van der Waals surface area contributed by atoms with E-state index in [1.54, 1.807) is 17.8 Å². The van der Waals surface area contributed by atoms with Gasteiger partial charge in [0.15, 0.2) is 0 Å². The highest BCUT2D eigenvalue weighted by Crippen LogP contribution is 2.19. The van der Waals surface area contributed by atoms with Crippen molar-refractivity contribution in [3.63, 3.8) is 0 Å². The molecule has 0 unspecified atom stereocenters. The zero-order valence-electron chi connectivity index (χ0n) is 11.7. The molecule has 0 aromatic carbocycles. The van der Waals surface area contributed by atoms with E-state index in [2.05, 4.69) is 10.3 Å². The Hall–Kier alpha value is -1.82. The van der Waals surface area contributed by atoms with Crippen LogP contribution in [0.15, 0.2) is 24.5 Å². The molecule has 0 saturated heterocycles. The normalized spacial score (nSPS) is 11.6. The molecule has 1 aromatic heterocycles. The van der Waals surface area contributed by atoms with Crippen LogP contribution in [0.1, 0.15) is 29.8 Å². The van der Waals surface area contributed by atoms with Crippen molar-refractivity contribution in [1.82, 2.24) is 10.3 Å². The number of carbonyl (C=O) groups excluding carboxylic acids is 1. The van der Waals surface area contributed by atoms with Gasteiger partial charge in [0, 0.05) is 29.8 Å². The summed E-state index contributed by atoms with van der Waals surface area (Å²) < 4.78 is -0.0378. The van der Waals surface area contributed by atoms with E-state index in [0.717, 1.165) is 6.08 Å². The number of hydrogen-bond acceptors (Lipinski definition) is 4. The minimum Gasteiger partial charge on any atom is -0.478 e. The van der Waals surface area contributed by atoms with Gasteiger partial charge in [-0.15, -0.1) is 0 Å². The van der Waals surface area contributed by atoms with E-state index in [4.69, 9.17) is 5.11 Å². The summed E-state index contributed by atoms with van der Waals surface area (Å²) >= 11 is 1.67. The minimum absolute atomic E-state index is 0.0378. The highest BCUT2D eigenvalue weighted by molar-refractivity contribution is 7.99. The lowest BCUT2D eigenvalue weighted by Crippen LogP contribution is -2.36. The molecular weight excluding hydrogens is 276 g/mol. The van der Waals surface area contributed by atoms with Gasteiger partial charge in [0.05, 0.1) is 5.56 Å². The molecule has 6 heteroatoms. The summed E-state index contributed by atoms with van der Waals surface area (Å²) in [5, 5.41) is 11.4. The van der Waals surface area contributed by atoms with Gasteiger partial charge in [-0.05, 0) is 37.8 Å². The molecule has 1 rings (SSSR count). The van der Waals surface area contributed by atoms with Gasteiger partial charge in [-0.2, -0.15) is 11.8 Å².